The molecular weight excluding hydrogens is 569 g/mol. The molecule has 0 saturated heterocycles. The van der Waals surface area contributed by atoms with Crippen LogP contribution in [0.25, 0.3) is 5.82 Å². The number of anilines is 2. The Hall–Kier alpha value is -3.62. The highest BCUT2D eigenvalue weighted by molar-refractivity contribution is 6.35. The molecule has 0 bridgehead atoms. The van der Waals surface area contributed by atoms with Crippen LogP contribution in [0.2, 0.25) is 10.0 Å². The van der Waals surface area contributed by atoms with E-state index in [4.69, 9.17) is 23.2 Å². The van der Waals surface area contributed by atoms with Gasteiger partial charge in [-0.05, 0) is 41.2 Å². The first kappa shape index (κ1) is 31.3. The summed E-state index contributed by atoms with van der Waals surface area (Å²) in [7, 11) is 0. The van der Waals surface area contributed by atoms with Crippen molar-refractivity contribution in [2.24, 2.45) is 5.92 Å². The lowest BCUT2D eigenvalue weighted by Gasteiger charge is -2.15. The van der Waals surface area contributed by atoms with Crippen LogP contribution in [-0.4, -0.2) is 32.0 Å². The number of hydrogen-bond donors (Lipinski definition) is 3. The molecule has 2 aromatic heterocycles. The van der Waals surface area contributed by atoms with Gasteiger partial charge in [-0.25, -0.2) is 4.98 Å². The highest BCUT2D eigenvalue weighted by Gasteiger charge is 2.10. The third-order valence-corrected chi connectivity index (χ3v) is 7.73. The van der Waals surface area contributed by atoms with Crippen LogP contribution in [-0.2, 0) is 24.3 Å². The predicted molar refractivity (Wildman–Crippen MR) is 171 cm³/mol. The Labute approximate surface area is 258 Å². The molecule has 0 aliphatic heterocycles. The minimum Gasteiger partial charge on any atom is -0.361 e. The highest BCUT2D eigenvalue weighted by atomic mass is 35.5. The molecule has 1 fully saturated rings. The number of rotatable bonds is 10. The lowest BCUT2D eigenvalue weighted by Crippen LogP contribution is -2.29. The number of aryl methyl sites for hydroxylation is 1. The molecule has 0 atom stereocenters. The second-order valence-corrected chi connectivity index (χ2v) is 11.4. The van der Waals surface area contributed by atoms with E-state index >= 15 is 0 Å². The van der Waals surface area contributed by atoms with E-state index in [2.05, 4.69) is 62.9 Å². The van der Waals surface area contributed by atoms with Gasteiger partial charge in [0.05, 0.1) is 6.54 Å². The van der Waals surface area contributed by atoms with Crippen molar-refractivity contribution in [3.05, 3.63) is 94.0 Å². The summed E-state index contributed by atoms with van der Waals surface area (Å²) in [6, 6.07) is 15.3. The van der Waals surface area contributed by atoms with Gasteiger partial charge in [-0.15, -0.1) is 0 Å². The van der Waals surface area contributed by atoms with Gasteiger partial charge < -0.3 is 16.0 Å². The smallest absolute Gasteiger partial charge is 0.239 e. The van der Waals surface area contributed by atoms with Crippen LogP contribution in [0.3, 0.4) is 0 Å². The van der Waals surface area contributed by atoms with Crippen molar-refractivity contribution in [1.29, 1.82) is 0 Å². The van der Waals surface area contributed by atoms with Crippen molar-refractivity contribution in [3.63, 3.8) is 0 Å². The van der Waals surface area contributed by atoms with Crippen molar-refractivity contribution in [2.45, 2.75) is 65.5 Å². The number of carbonyl (C=O) groups excluding carboxylic acids is 1. The van der Waals surface area contributed by atoms with Crippen LogP contribution >= 0.6 is 23.2 Å². The normalized spacial score (nSPS) is 13.1. The summed E-state index contributed by atoms with van der Waals surface area (Å²) in [4.78, 5) is 25.6. The van der Waals surface area contributed by atoms with Gasteiger partial charge in [0.1, 0.15) is 18.0 Å². The fraction of sp³-hybridized carbons (Fsp3) is 0.375. The lowest BCUT2D eigenvalue weighted by molar-refractivity contribution is -0.119. The number of benzene rings is 2. The molecule has 0 radical (unpaired) electrons. The summed E-state index contributed by atoms with van der Waals surface area (Å²) >= 11 is 12.1. The number of aromatic nitrogens is 4. The zero-order chi connectivity index (χ0) is 29.7. The summed E-state index contributed by atoms with van der Waals surface area (Å²) in [6.07, 6.45) is 13.5. The van der Waals surface area contributed by atoms with Crippen molar-refractivity contribution in [2.75, 3.05) is 17.2 Å². The molecule has 2 aromatic carbocycles. The zero-order valence-corrected chi connectivity index (χ0v) is 25.8. The third kappa shape index (κ3) is 10.0. The van der Waals surface area contributed by atoms with Gasteiger partial charge in [0.2, 0.25) is 11.9 Å². The van der Waals surface area contributed by atoms with Crippen molar-refractivity contribution in [3.8, 4) is 5.82 Å². The van der Waals surface area contributed by atoms with E-state index in [0.29, 0.717) is 40.7 Å². The lowest BCUT2D eigenvalue weighted by atomic mass is 9.91. The fourth-order valence-corrected chi connectivity index (χ4v) is 5.15. The number of nitrogens with one attached hydrogen (secondary N) is 3. The number of imidazole rings is 1. The second-order valence-electron chi connectivity index (χ2n) is 10.5. The molecule has 2 heterocycles. The molecule has 4 aromatic rings. The second kappa shape index (κ2) is 16.1. The summed E-state index contributed by atoms with van der Waals surface area (Å²) in [5.74, 6) is 2.40. The van der Waals surface area contributed by atoms with E-state index in [1.807, 2.05) is 6.07 Å². The van der Waals surface area contributed by atoms with E-state index in [9.17, 15) is 4.79 Å². The van der Waals surface area contributed by atoms with Crippen molar-refractivity contribution >= 4 is 40.9 Å². The standard InChI is InChI=1S/C25H25Cl2N7O.C7H14/c1-2-17-4-3-5-18(10-17)13-31-25-32-22(12-23(33-25)34-9-8-28-16-34)29-15-24(35)30-14-19-6-7-20(26)11-21(19)27;1-7-5-3-2-4-6-7/h3-12,16H,2,13-15H2,1H3,(H,30,35)(H2,29,31,32,33);7H,2-6H2,1H3. The molecule has 42 heavy (non-hydrogen) atoms. The van der Waals surface area contributed by atoms with Gasteiger partial charge in [-0.1, -0.05) is 99.5 Å². The van der Waals surface area contributed by atoms with Gasteiger partial charge in [-0.3, -0.25) is 9.36 Å². The molecule has 0 spiro atoms. The molecule has 3 N–H and O–H groups in total. The molecule has 8 nitrogen and oxygen atoms in total. The third-order valence-electron chi connectivity index (χ3n) is 7.15. The summed E-state index contributed by atoms with van der Waals surface area (Å²) in [5.41, 5.74) is 3.19. The first-order valence-corrected chi connectivity index (χ1v) is 15.3. The van der Waals surface area contributed by atoms with Crippen LogP contribution in [0.5, 0.6) is 0 Å². The Morgan fingerprint density at radius 2 is 1.79 bits per heavy atom. The van der Waals surface area contributed by atoms with Crippen molar-refractivity contribution in [1.82, 2.24) is 24.8 Å². The van der Waals surface area contributed by atoms with Crippen LogP contribution in [0.15, 0.2) is 67.3 Å². The molecule has 1 aliphatic carbocycles. The van der Waals surface area contributed by atoms with Gasteiger partial charge in [0.25, 0.3) is 0 Å². The zero-order valence-electron chi connectivity index (χ0n) is 24.2. The van der Waals surface area contributed by atoms with E-state index in [0.717, 1.165) is 23.5 Å². The number of nitrogens with zero attached hydrogens (tertiary/aromatic N) is 4. The van der Waals surface area contributed by atoms with Crippen LogP contribution < -0.4 is 16.0 Å². The van der Waals surface area contributed by atoms with E-state index in [1.54, 1.807) is 47.6 Å². The van der Waals surface area contributed by atoms with E-state index in [1.165, 1.54) is 37.7 Å². The van der Waals surface area contributed by atoms with Gasteiger partial charge in [0, 0.05) is 41.6 Å². The Morgan fingerprint density at radius 1 is 0.976 bits per heavy atom. The first-order chi connectivity index (χ1) is 20.4. The van der Waals surface area contributed by atoms with Crippen LogP contribution in [0, 0.1) is 5.92 Å². The fourth-order valence-electron chi connectivity index (χ4n) is 4.67. The highest BCUT2D eigenvalue weighted by Crippen LogP contribution is 2.22. The van der Waals surface area contributed by atoms with Crippen LogP contribution in [0.4, 0.5) is 11.8 Å². The monoisotopic (exact) mass is 607 g/mol. The number of hydrogen-bond acceptors (Lipinski definition) is 6. The summed E-state index contributed by atoms with van der Waals surface area (Å²) in [5, 5.41) is 10.2. The first-order valence-electron chi connectivity index (χ1n) is 14.5. The number of amides is 1. The molecule has 5 rings (SSSR count). The topological polar surface area (TPSA) is 96.8 Å². The van der Waals surface area contributed by atoms with Crippen molar-refractivity contribution < 1.29 is 4.79 Å². The number of halogens is 2. The Bertz CT molecular complexity index is 1420. The van der Waals surface area contributed by atoms with Gasteiger partial charge in [-0.2, -0.15) is 9.97 Å². The largest absolute Gasteiger partial charge is 0.361 e. The summed E-state index contributed by atoms with van der Waals surface area (Å²) < 4.78 is 1.78. The minimum atomic E-state index is -0.204. The molecule has 0 unspecified atom stereocenters. The Morgan fingerprint density at radius 3 is 2.48 bits per heavy atom. The maximum absolute atomic E-state index is 12.4. The van der Waals surface area contributed by atoms with Crippen LogP contribution in [0.1, 0.15) is 62.6 Å². The maximum Gasteiger partial charge on any atom is 0.239 e. The van der Waals surface area contributed by atoms with E-state index < -0.39 is 0 Å². The quantitative estimate of drug-likeness (QED) is 0.173. The average Bonchev–Trinajstić information content (AvgIpc) is 3.55. The predicted octanol–water partition coefficient (Wildman–Crippen LogP) is 7.46. The SMILES string of the molecule is CC1CCCCC1.CCc1cccc(CNc2nc(NCC(=O)NCc3ccc(Cl)cc3Cl)cc(-n3ccnc3)n2)c1. The van der Waals surface area contributed by atoms with Gasteiger partial charge in [0.15, 0.2) is 0 Å². The Balaban J connectivity index is 0.000000507. The molecule has 1 saturated carbocycles. The summed E-state index contributed by atoms with van der Waals surface area (Å²) in [6.45, 7) is 5.39. The number of carbonyl (C=O) groups is 1. The van der Waals surface area contributed by atoms with E-state index in [-0.39, 0.29) is 12.5 Å². The maximum atomic E-state index is 12.4. The molecule has 10 heteroatoms. The minimum absolute atomic E-state index is 0.0313. The molecule has 1 amide bonds. The Kier molecular flexibility index (Phi) is 12.0. The molecule has 222 valence electrons. The van der Waals surface area contributed by atoms with Gasteiger partial charge >= 0.3 is 0 Å². The average molecular weight is 609 g/mol. The molecule has 1 aliphatic rings. The molecular formula is C32H39Cl2N7O.